The van der Waals surface area contributed by atoms with Crippen LogP contribution in [-0.2, 0) is 11.3 Å². The van der Waals surface area contributed by atoms with E-state index >= 15 is 0 Å². The number of aromatic nitrogens is 1. The molecule has 2 atom stereocenters. The first kappa shape index (κ1) is 26.8. The van der Waals surface area contributed by atoms with Crippen molar-refractivity contribution >= 4 is 37.8 Å². The highest BCUT2D eigenvalue weighted by molar-refractivity contribution is 9.11. The number of benzene rings is 1. The summed E-state index contributed by atoms with van der Waals surface area (Å²) in [4.78, 5) is 22.5. The number of carbonyl (C=O) groups excluding carboxylic acids is 1. The quantitative estimate of drug-likeness (QED) is 0.379. The maximum absolute atomic E-state index is 12.7. The Hall–Kier alpha value is -1.22. The van der Waals surface area contributed by atoms with Crippen molar-refractivity contribution in [3.63, 3.8) is 0 Å². The lowest BCUT2D eigenvalue weighted by molar-refractivity contribution is -0.126. The van der Waals surface area contributed by atoms with Gasteiger partial charge in [-0.05, 0) is 108 Å². The normalized spacial score (nSPS) is 22.4. The SMILES string of the molecule is Cc1oc(-c2c(Br)cccc2Br)nc1CN1CCC(C(=O)NCCCN2C[C@H](C)C[C@H](C)C2)CC1. The standard InChI is InChI=1S/C27H38Br2N4O2/c1-18-14-19(2)16-33(15-18)11-5-10-30-26(34)21-8-12-32(13-9-21)17-24-20(3)35-27(31-24)25-22(28)6-4-7-23(25)29/h4,6-7,18-19,21H,5,8-17H2,1-3H3,(H,30,34)/t18-,19+. The molecule has 8 heteroatoms. The van der Waals surface area contributed by atoms with Gasteiger partial charge in [-0.1, -0.05) is 19.9 Å². The first-order valence-corrected chi connectivity index (χ1v) is 14.5. The first-order chi connectivity index (χ1) is 16.8. The third-order valence-electron chi connectivity index (χ3n) is 7.30. The molecule has 2 fully saturated rings. The van der Waals surface area contributed by atoms with Crippen molar-refractivity contribution in [2.45, 2.75) is 53.0 Å². The van der Waals surface area contributed by atoms with Gasteiger partial charge in [0.25, 0.3) is 0 Å². The van der Waals surface area contributed by atoms with E-state index in [0.717, 1.165) is 89.8 Å². The van der Waals surface area contributed by atoms with E-state index in [-0.39, 0.29) is 11.8 Å². The summed E-state index contributed by atoms with van der Waals surface area (Å²) in [5, 5.41) is 3.20. The van der Waals surface area contributed by atoms with Crippen LogP contribution in [0.4, 0.5) is 0 Å². The van der Waals surface area contributed by atoms with E-state index < -0.39 is 0 Å². The zero-order valence-electron chi connectivity index (χ0n) is 21.2. The minimum absolute atomic E-state index is 0.117. The van der Waals surface area contributed by atoms with Crippen molar-refractivity contribution in [1.82, 2.24) is 20.1 Å². The molecule has 0 bridgehead atoms. The Morgan fingerprint density at radius 2 is 1.77 bits per heavy atom. The molecule has 0 radical (unpaired) electrons. The fraction of sp³-hybridized carbons (Fsp3) is 0.630. The van der Waals surface area contributed by atoms with E-state index in [1.165, 1.54) is 19.5 Å². The van der Waals surface area contributed by atoms with Gasteiger partial charge in [0.2, 0.25) is 11.8 Å². The smallest absolute Gasteiger partial charge is 0.228 e. The van der Waals surface area contributed by atoms with Crippen LogP contribution >= 0.6 is 31.9 Å². The summed E-state index contributed by atoms with van der Waals surface area (Å²) < 4.78 is 7.91. The van der Waals surface area contributed by atoms with Gasteiger partial charge in [0.1, 0.15) is 5.76 Å². The van der Waals surface area contributed by atoms with Gasteiger partial charge in [-0.25, -0.2) is 4.98 Å². The van der Waals surface area contributed by atoms with Crippen molar-refractivity contribution < 1.29 is 9.21 Å². The fourth-order valence-electron chi connectivity index (χ4n) is 5.58. The number of rotatable bonds is 8. The number of aryl methyl sites for hydroxylation is 1. The zero-order valence-corrected chi connectivity index (χ0v) is 24.3. The molecule has 0 aliphatic carbocycles. The van der Waals surface area contributed by atoms with Gasteiger partial charge in [0, 0.05) is 41.0 Å². The molecule has 35 heavy (non-hydrogen) atoms. The molecule has 2 aliphatic heterocycles. The van der Waals surface area contributed by atoms with Crippen LogP contribution in [0.5, 0.6) is 0 Å². The van der Waals surface area contributed by atoms with Crippen LogP contribution in [0, 0.1) is 24.7 Å². The van der Waals surface area contributed by atoms with E-state index in [1.54, 1.807) is 0 Å². The van der Waals surface area contributed by atoms with E-state index in [0.29, 0.717) is 5.89 Å². The van der Waals surface area contributed by atoms with Crippen LogP contribution in [0.1, 0.15) is 51.0 Å². The molecule has 2 aromatic rings. The lowest BCUT2D eigenvalue weighted by atomic mass is 9.92. The lowest BCUT2D eigenvalue weighted by Gasteiger charge is -2.35. The van der Waals surface area contributed by atoms with Crippen molar-refractivity contribution in [3.8, 4) is 11.5 Å². The Balaban J connectivity index is 1.20. The third-order valence-corrected chi connectivity index (χ3v) is 8.62. The number of carbonyl (C=O) groups is 1. The summed E-state index contributed by atoms with van der Waals surface area (Å²) in [6.07, 6.45) is 4.16. The summed E-state index contributed by atoms with van der Waals surface area (Å²) in [7, 11) is 0. The summed E-state index contributed by atoms with van der Waals surface area (Å²) in [5.74, 6) is 3.39. The molecule has 4 rings (SSSR count). The van der Waals surface area contributed by atoms with Crippen LogP contribution < -0.4 is 5.32 Å². The second kappa shape index (κ2) is 12.3. The molecular formula is C27H38Br2N4O2. The maximum Gasteiger partial charge on any atom is 0.228 e. The van der Waals surface area contributed by atoms with Crippen LogP contribution in [0.15, 0.2) is 31.6 Å². The van der Waals surface area contributed by atoms with Gasteiger partial charge >= 0.3 is 0 Å². The lowest BCUT2D eigenvalue weighted by Crippen LogP contribution is -2.42. The van der Waals surface area contributed by atoms with Crippen LogP contribution in [0.2, 0.25) is 0 Å². The Bertz CT molecular complexity index is 973. The summed E-state index contributed by atoms with van der Waals surface area (Å²) in [5.41, 5.74) is 1.90. The highest BCUT2D eigenvalue weighted by atomic mass is 79.9. The van der Waals surface area contributed by atoms with Crippen molar-refractivity contribution in [3.05, 3.63) is 38.6 Å². The van der Waals surface area contributed by atoms with Gasteiger partial charge in [-0.3, -0.25) is 9.69 Å². The number of likely N-dealkylation sites (tertiary alicyclic amines) is 2. The van der Waals surface area contributed by atoms with Gasteiger partial charge in [0.15, 0.2) is 0 Å². The van der Waals surface area contributed by atoms with Crippen LogP contribution in [0.25, 0.3) is 11.5 Å². The number of nitrogens with one attached hydrogen (secondary N) is 1. The molecule has 6 nitrogen and oxygen atoms in total. The number of piperidine rings is 2. The number of oxazole rings is 1. The second-order valence-electron chi connectivity index (χ2n) is 10.5. The average Bonchev–Trinajstić information content (AvgIpc) is 3.16. The zero-order chi connectivity index (χ0) is 24.9. The fourth-order valence-corrected chi connectivity index (χ4v) is 6.92. The number of nitrogens with zero attached hydrogens (tertiary/aromatic N) is 3. The average molecular weight is 610 g/mol. The molecule has 0 saturated carbocycles. The van der Waals surface area contributed by atoms with E-state index in [1.807, 2.05) is 25.1 Å². The van der Waals surface area contributed by atoms with Crippen molar-refractivity contribution in [2.24, 2.45) is 17.8 Å². The predicted molar refractivity (Wildman–Crippen MR) is 147 cm³/mol. The largest absolute Gasteiger partial charge is 0.441 e. The minimum Gasteiger partial charge on any atom is -0.441 e. The molecule has 0 unspecified atom stereocenters. The van der Waals surface area contributed by atoms with Crippen molar-refractivity contribution in [1.29, 1.82) is 0 Å². The molecule has 1 N–H and O–H groups in total. The Morgan fingerprint density at radius 3 is 2.43 bits per heavy atom. The molecule has 1 aromatic carbocycles. The molecular weight excluding hydrogens is 572 g/mol. The minimum atomic E-state index is 0.117. The number of hydrogen-bond acceptors (Lipinski definition) is 5. The molecule has 1 aromatic heterocycles. The summed E-state index contributed by atoms with van der Waals surface area (Å²) >= 11 is 7.21. The number of amides is 1. The van der Waals surface area contributed by atoms with E-state index in [4.69, 9.17) is 9.40 Å². The summed E-state index contributed by atoms with van der Waals surface area (Å²) in [6, 6.07) is 5.96. The second-order valence-corrected chi connectivity index (χ2v) is 12.2. The van der Waals surface area contributed by atoms with Gasteiger partial charge in [-0.2, -0.15) is 0 Å². The maximum atomic E-state index is 12.7. The first-order valence-electron chi connectivity index (χ1n) is 12.9. The Kier molecular flexibility index (Phi) is 9.47. The predicted octanol–water partition coefficient (Wildman–Crippen LogP) is 5.87. The van der Waals surface area contributed by atoms with Crippen LogP contribution in [-0.4, -0.2) is 60.0 Å². The third kappa shape index (κ3) is 7.18. The van der Waals surface area contributed by atoms with Gasteiger partial charge < -0.3 is 14.6 Å². The molecule has 0 spiro atoms. The van der Waals surface area contributed by atoms with Crippen molar-refractivity contribution in [2.75, 3.05) is 39.3 Å². The van der Waals surface area contributed by atoms with Gasteiger partial charge in [-0.15, -0.1) is 0 Å². The molecule has 192 valence electrons. The van der Waals surface area contributed by atoms with E-state index in [2.05, 4.69) is 60.8 Å². The highest BCUT2D eigenvalue weighted by Gasteiger charge is 2.27. The number of hydrogen-bond donors (Lipinski definition) is 1. The molecule has 2 saturated heterocycles. The number of halogens is 2. The monoisotopic (exact) mass is 608 g/mol. The van der Waals surface area contributed by atoms with Gasteiger partial charge in [0.05, 0.1) is 11.3 Å². The molecule has 3 heterocycles. The van der Waals surface area contributed by atoms with E-state index in [9.17, 15) is 4.79 Å². The van der Waals surface area contributed by atoms with Crippen LogP contribution in [0.3, 0.4) is 0 Å². The molecule has 2 aliphatic rings. The Morgan fingerprint density at radius 1 is 1.11 bits per heavy atom. The highest BCUT2D eigenvalue weighted by Crippen LogP contribution is 2.35. The topological polar surface area (TPSA) is 61.6 Å². The molecule has 1 amide bonds. The summed E-state index contributed by atoms with van der Waals surface area (Å²) in [6.45, 7) is 13.5. The Labute approximate surface area is 226 Å².